The van der Waals surface area contributed by atoms with E-state index in [1.807, 2.05) is 26.0 Å². The number of amides is 1. The van der Waals surface area contributed by atoms with Gasteiger partial charge in [0.2, 0.25) is 5.91 Å². The monoisotopic (exact) mass is 305 g/mol. The fourth-order valence-corrected chi connectivity index (χ4v) is 2.47. The first-order valence-corrected chi connectivity index (χ1v) is 7.97. The van der Waals surface area contributed by atoms with Crippen LogP contribution in [0.15, 0.2) is 24.3 Å². The molecule has 1 aromatic carbocycles. The van der Waals surface area contributed by atoms with Gasteiger partial charge in [0.05, 0.1) is 19.3 Å². The maximum absolute atomic E-state index is 11.9. The van der Waals surface area contributed by atoms with E-state index in [4.69, 9.17) is 10.5 Å². The van der Waals surface area contributed by atoms with Gasteiger partial charge in [0.15, 0.2) is 0 Å². The van der Waals surface area contributed by atoms with Crippen molar-refractivity contribution in [3.63, 3.8) is 0 Å². The zero-order valence-electron chi connectivity index (χ0n) is 13.5. The largest absolute Gasteiger partial charge is 0.379 e. The average molecular weight is 305 g/mol. The molecular formula is C17H27N3O2. The number of nitrogens with one attached hydrogen (secondary N) is 1. The summed E-state index contributed by atoms with van der Waals surface area (Å²) in [6.07, 6.45) is 0. The fourth-order valence-electron chi connectivity index (χ4n) is 2.47. The Kier molecular flexibility index (Phi) is 6.36. The Balaban J connectivity index is 1.86. The van der Waals surface area contributed by atoms with Crippen LogP contribution in [0, 0.1) is 5.92 Å². The van der Waals surface area contributed by atoms with Gasteiger partial charge < -0.3 is 15.8 Å². The average Bonchev–Trinajstić information content (AvgIpc) is 2.53. The molecule has 0 bridgehead atoms. The van der Waals surface area contributed by atoms with Crippen LogP contribution in [-0.4, -0.2) is 43.2 Å². The van der Waals surface area contributed by atoms with Gasteiger partial charge >= 0.3 is 0 Å². The predicted molar refractivity (Wildman–Crippen MR) is 87.2 cm³/mol. The summed E-state index contributed by atoms with van der Waals surface area (Å²) in [4.78, 5) is 14.3. The van der Waals surface area contributed by atoms with Crippen LogP contribution in [0.5, 0.6) is 0 Å². The van der Waals surface area contributed by atoms with Crippen molar-refractivity contribution in [2.24, 2.45) is 11.7 Å². The molecule has 0 aromatic heterocycles. The molecule has 2 rings (SSSR count). The molecule has 1 heterocycles. The molecule has 1 atom stereocenters. The van der Waals surface area contributed by atoms with Crippen LogP contribution in [-0.2, 0) is 22.6 Å². The SMILES string of the molecule is CC(C)[C@H](N)C(=O)NCc1cccc(CN2CCOCC2)c1. The number of nitrogens with two attached hydrogens (primary N) is 1. The minimum Gasteiger partial charge on any atom is -0.379 e. The molecular weight excluding hydrogens is 278 g/mol. The third-order valence-corrected chi connectivity index (χ3v) is 3.99. The van der Waals surface area contributed by atoms with E-state index in [0.717, 1.165) is 38.4 Å². The molecule has 0 unspecified atom stereocenters. The Labute approximate surface area is 132 Å². The maximum atomic E-state index is 11.9. The zero-order valence-corrected chi connectivity index (χ0v) is 13.5. The van der Waals surface area contributed by atoms with Crippen molar-refractivity contribution in [3.8, 4) is 0 Å². The standard InChI is InChI=1S/C17H27N3O2/c1-13(2)16(18)17(21)19-11-14-4-3-5-15(10-14)12-20-6-8-22-9-7-20/h3-5,10,13,16H,6-9,11-12,18H2,1-2H3,(H,19,21)/t16-/m0/s1. The molecule has 1 saturated heterocycles. The Hall–Kier alpha value is -1.43. The topological polar surface area (TPSA) is 67.6 Å². The van der Waals surface area contributed by atoms with E-state index < -0.39 is 6.04 Å². The van der Waals surface area contributed by atoms with Gasteiger partial charge in [-0.25, -0.2) is 0 Å². The smallest absolute Gasteiger partial charge is 0.237 e. The van der Waals surface area contributed by atoms with Gasteiger partial charge in [-0.2, -0.15) is 0 Å². The second-order valence-corrected chi connectivity index (χ2v) is 6.20. The fraction of sp³-hybridized carbons (Fsp3) is 0.588. The quantitative estimate of drug-likeness (QED) is 0.826. The summed E-state index contributed by atoms with van der Waals surface area (Å²) in [5, 5.41) is 2.91. The van der Waals surface area contributed by atoms with Gasteiger partial charge in [0.25, 0.3) is 0 Å². The van der Waals surface area contributed by atoms with E-state index in [1.165, 1.54) is 5.56 Å². The van der Waals surface area contributed by atoms with Gasteiger partial charge in [-0.15, -0.1) is 0 Å². The Morgan fingerprint density at radius 3 is 2.68 bits per heavy atom. The van der Waals surface area contributed by atoms with E-state index in [9.17, 15) is 4.79 Å². The molecule has 5 nitrogen and oxygen atoms in total. The zero-order chi connectivity index (χ0) is 15.9. The summed E-state index contributed by atoms with van der Waals surface area (Å²) in [6.45, 7) is 8.92. The van der Waals surface area contributed by atoms with E-state index in [2.05, 4.69) is 22.3 Å². The number of rotatable bonds is 6. The van der Waals surface area contributed by atoms with Crippen molar-refractivity contribution in [1.82, 2.24) is 10.2 Å². The maximum Gasteiger partial charge on any atom is 0.237 e. The van der Waals surface area contributed by atoms with Gasteiger partial charge in [-0.3, -0.25) is 9.69 Å². The minimum atomic E-state index is -0.448. The summed E-state index contributed by atoms with van der Waals surface area (Å²) in [7, 11) is 0. The van der Waals surface area contributed by atoms with Crippen molar-refractivity contribution in [2.75, 3.05) is 26.3 Å². The first kappa shape index (κ1) is 16.9. The van der Waals surface area contributed by atoms with E-state index >= 15 is 0 Å². The molecule has 0 radical (unpaired) electrons. The molecule has 1 fully saturated rings. The second-order valence-electron chi connectivity index (χ2n) is 6.20. The van der Waals surface area contributed by atoms with Crippen LogP contribution >= 0.6 is 0 Å². The van der Waals surface area contributed by atoms with Gasteiger partial charge in [-0.1, -0.05) is 38.1 Å². The number of benzene rings is 1. The van der Waals surface area contributed by atoms with Crippen LogP contribution in [0.1, 0.15) is 25.0 Å². The molecule has 1 aliphatic heterocycles. The molecule has 1 amide bonds. The van der Waals surface area contributed by atoms with Gasteiger partial charge in [-0.05, 0) is 17.0 Å². The summed E-state index contributed by atoms with van der Waals surface area (Å²) < 4.78 is 5.37. The van der Waals surface area contributed by atoms with Crippen LogP contribution in [0.3, 0.4) is 0 Å². The van der Waals surface area contributed by atoms with E-state index in [0.29, 0.717) is 6.54 Å². The number of nitrogens with zero attached hydrogens (tertiary/aromatic N) is 1. The highest BCUT2D eigenvalue weighted by molar-refractivity contribution is 5.81. The molecule has 3 N–H and O–H groups in total. The minimum absolute atomic E-state index is 0.0893. The number of carbonyl (C=O) groups excluding carboxylic acids is 1. The third kappa shape index (κ3) is 5.09. The van der Waals surface area contributed by atoms with Crippen LogP contribution in [0.25, 0.3) is 0 Å². The van der Waals surface area contributed by atoms with E-state index in [-0.39, 0.29) is 11.8 Å². The normalized spacial score (nSPS) is 17.5. The molecule has 0 saturated carbocycles. The van der Waals surface area contributed by atoms with Gasteiger partial charge in [0.1, 0.15) is 0 Å². The number of morpholine rings is 1. The number of ether oxygens (including phenoxy) is 1. The van der Waals surface area contributed by atoms with Crippen molar-refractivity contribution < 1.29 is 9.53 Å². The highest BCUT2D eigenvalue weighted by Gasteiger charge is 2.16. The van der Waals surface area contributed by atoms with Crippen molar-refractivity contribution in [2.45, 2.75) is 33.0 Å². The second kappa shape index (κ2) is 8.27. The first-order chi connectivity index (χ1) is 10.6. The van der Waals surface area contributed by atoms with Crippen molar-refractivity contribution in [1.29, 1.82) is 0 Å². The Bertz CT molecular complexity index is 485. The van der Waals surface area contributed by atoms with Crippen LogP contribution in [0.2, 0.25) is 0 Å². The van der Waals surface area contributed by atoms with Crippen molar-refractivity contribution in [3.05, 3.63) is 35.4 Å². The summed E-state index contributed by atoms with van der Waals surface area (Å²) in [6, 6.07) is 7.90. The van der Waals surface area contributed by atoms with Gasteiger partial charge in [0, 0.05) is 26.2 Å². The lowest BCUT2D eigenvalue weighted by atomic mass is 10.0. The lowest BCUT2D eigenvalue weighted by Crippen LogP contribution is -2.43. The summed E-state index contributed by atoms with van der Waals surface area (Å²) in [5.74, 6) is 0.0567. The Morgan fingerprint density at radius 2 is 2.00 bits per heavy atom. The number of hydrogen-bond donors (Lipinski definition) is 2. The molecule has 0 aliphatic carbocycles. The Morgan fingerprint density at radius 1 is 1.32 bits per heavy atom. The van der Waals surface area contributed by atoms with Crippen molar-refractivity contribution >= 4 is 5.91 Å². The number of hydrogen-bond acceptors (Lipinski definition) is 4. The highest BCUT2D eigenvalue weighted by atomic mass is 16.5. The number of carbonyl (C=O) groups is 1. The highest BCUT2D eigenvalue weighted by Crippen LogP contribution is 2.10. The molecule has 1 aromatic rings. The molecule has 1 aliphatic rings. The molecule has 0 spiro atoms. The first-order valence-electron chi connectivity index (χ1n) is 7.97. The molecule has 122 valence electrons. The van der Waals surface area contributed by atoms with E-state index in [1.54, 1.807) is 0 Å². The lowest BCUT2D eigenvalue weighted by Gasteiger charge is -2.26. The lowest BCUT2D eigenvalue weighted by molar-refractivity contribution is -0.123. The molecule has 22 heavy (non-hydrogen) atoms. The van der Waals surface area contributed by atoms with Crippen LogP contribution in [0.4, 0.5) is 0 Å². The third-order valence-electron chi connectivity index (χ3n) is 3.99. The predicted octanol–water partition coefficient (Wildman–Crippen LogP) is 1.12. The molecule has 5 heteroatoms. The summed E-state index contributed by atoms with van der Waals surface area (Å²) in [5.41, 5.74) is 8.22. The van der Waals surface area contributed by atoms with Crippen LogP contribution < -0.4 is 11.1 Å². The summed E-state index contributed by atoms with van der Waals surface area (Å²) >= 11 is 0.